The molecule has 0 radical (unpaired) electrons. The summed E-state index contributed by atoms with van der Waals surface area (Å²) in [5.41, 5.74) is 0.996. The van der Waals surface area contributed by atoms with Gasteiger partial charge in [-0.25, -0.2) is 33.7 Å². The number of rotatable bonds is 5. The second-order valence-corrected chi connectivity index (χ2v) is 6.41. The molecule has 1 aliphatic rings. The second-order valence-electron chi connectivity index (χ2n) is 6.41. The van der Waals surface area contributed by atoms with Gasteiger partial charge in [0.1, 0.15) is 36.5 Å². The molecule has 0 saturated heterocycles. The number of aromatic nitrogens is 8. The van der Waals surface area contributed by atoms with Gasteiger partial charge in [0.05, 0.1) is 5.56 Å². The van der Waals surface area contributed by atoms with Crippen LogP contribution in [0.15, 0.2) is 49.3 Å². The summed E-state index contributed by atoms with van der Waals surface area (Å²) in [4.78, 5) is 17.4. The largest absolute Gasteiger partial charge is 0.245 e. The first-order valence-electron chi connectivity index (χ1n) is 8.63. The van der Waals surface area contributed by atoms with Crippen molar-refractivity contribution in [2.75, 3.05) is 0 Å². The molecule has 1 fully saturated rings. The molecule has 0 aliphatic heterocycles. The molecule has 134 valence electrons. The van der Waals surface area contributed by atoms with Crippen LogP contribution in [0, 0.1) is 5.82 Å². The second kappa shape index (κ2) is 6.35. The van der Waals surface area contributed by atoms with Gasteiger partial charge in [0.15, 0.2) is 11.6 Å². The summed E-state index contributed by atoms with van der Waals surface area (Å²) in [7, 11) is 0. The summed E-state index contributed by atoms with van der Waals surface area (Å²) >= 11 is 0. The smallest absolute Gasteiger partial charge is 0.173 e. The summed E-state index contributed by atoms with van der Waals surface area (Å²) in [5.74, 6) is 1.90. The zero-order chi connectivity index (χ0) is 18.2. The minimum absolute atomic E-state index is 0.316. The zero-order valence-corrected chi connectivity index (χ0v) is 14.3. The van der Waals surface area contributed by atoms with Crippen LogP contribution in [-0.2, 0) is 6.54 Å². The molecular weight excluding hydrogens is 347 g/mol. The van der Waals surface area contributed by atoms with Crippen LogP contribution < -0.4 is 0 Å². The Labute approximate surface area is 153 Å². The number of hydrogen-bond donors (Lipinski definition) is 0. The molecule has 3 aromatic heterocycles. The molecular formula is C18H15FN8. The Morgan fingerprint density at radius 2 is 1.93 bits per heavy atom. The van der Waals surface area contributed by atoms with Gasteiger partial charge in [-0.05, 0) is 25.0 Å². The molecule has 3 heterocycles. The maximum absolute atomic E-state index is 14.4. The van der Waals surface area contributed by atoms with Crippen molar-refractivity contribution < 1.29 is 4.39 Å². The lowest BCUT2D eigenvalue weighted by atomic mass is 10.2. The van der Waals surface area contributed by atoms with E-state index < -0.39 is 0 Å². The molecule has 0 spiro atoms. The highest BCUT2D eigenvalue weighted by Gasteiger charge is 2.26. The van der Waals surface area contributed by atoms with Crippen molar-refractivity contribution in [2.24, 2.45) is 0 Å². The molecule has 4 aromatic rings. The van der Waals surface area contributed by atoms with Crippen LogP contribution in [0.4, 0.5) is 4.39 Å². The molecule has 1 saturated carbocycles. The highest BCUT2D eigenvalue weighted by molar-refractivity contribution is 5.56. The first-order chi connectivity index (χ1) is 13.3. The standard InChI is InChI=1S/C18H15FN8/c19-14-3-1-2-4-15(14)27-18(13-7-21-17(22-8-13)12-5-6-12)24-16(25-27)9-26-11-20-10-23-26/h1-4,7-8,10-12H,5-6,9H2. The third-order valence-corrected chi connectivity index (χ3v) is 4.37. The van der Waals surface area contributed by atoms with E-state index in [-0.39, 0.29) is 5.82 Å². The van der Waals surface area contributed by atoms with Gasteiger partial charge in [0.2, 0.25) is 0 Å². The number of benzene rings is 1. The van der Waals surface area contributed by atoms with Crippen molar-refractivity contribution in [1.29, 1.82) is 0 Å². The van der Waals surface area contributed by atoms with Gasteiger partial charge in [-0.1, -0.05) is 12.1 Å². The first kappa shape index (κ1) is 15.7. The van der Waals surface area contributed by atoms with Crippen LogP contribution in [-0.4, -0.2) is 39.5 Å². The van der Waals surface area contributed by atoms with E-state index in [2.05, 4.69) is 30.1 Å². The highest BCUT2D eigenvalue weighted by Crippen LogP contribution is 2.38. The predicted molar refractivity (Wildman–Crippen MR) is 93.4 cm³/mol. The minimum Gasteiger partial charge on any atom is -0.245 e. The van der Waals surface area contributed by atoms with Gasteiger partial charge >= 0.3 is 0 Å². The molecule has 27 heavy (non-hydrogen) atoms. The van der Waals surface area contributed by atoms with Gasteiger partial charge in [-0.3, -0.25) is 0 Å². The Balaban J connectivity index is 1.59. The topological polar surface area (TPSA) is 87.2 Å². The average molecular weight is 362 g/mol. The average Bonchev–Trinajstić information content (AvgIpc) is 3.27. The molecule has 8 nitrogen and oxygen atoms in total. The molecule has 0 unspecified atom stereocenters. The van der Waals surface area contributed by atoms with Gasteiger partial charge in [-0.2, -0.15) is 5.10 Å². The van der Waals surface area contributed by atoms with Crippen molar-refractivity contribution in [3.63, 3.8) is 0 Å². The summed E-state index contributed by atoms with van der Waals surface area (Å²) in [6.07, 6.45) is 8.73. The van der Waals surface area contributed by atoms with E-state index in [1.54, 1.807) is 41.6 Å². The molecule has 0 atom stereocenters. The van der Waals surface area contributed by atoms with Crippen molar-refractivity contribution in [3.05, 3.63) is 66.8 Å². The van der Waals surface area contributed by atoms with Crippen LogP contribution in [0.1, 0.15) is 30.4 Å². The number of para-hydroxylation sites is 1. The van der Waals surface area contributed by atoms with Crippen molar-refractivity contribution >= 4 is 0 Å². The first-order valence-corrected chi connectivity index (χ1v) is 8.63. The van der Waals surface area contributed by atoms with Crippen molar-refractivity contribution in [2.45, 2.75) is 25.3 Å². The van der Waals surface area contributed by atoms with Crippen LogP contribution in [0.5, 0.6) is 0 Å². The van der Waals surface area contributed by atoms with Crippen LogP contribution >= 0.6 is 0 Å². The predicted octanol–water partition coefficient (Wildman–Crippen LogP) is 2.38. The maximum atomic E-state index is 14.4. The third-order valence-electron chi connectivity index (χ3n) is 4.37. The van der Waals surface area contributed by atoms with E-state index in [0.29, 0.717) is 35.4 Å². The summed E-state index contributed by atoms with van der Waals surface area (Å²) in [5, 5.41) is 8.55. The molecule has 0 N–H and O–H groups in total. The van der Waals surface area contributed by atoms with Crippen molar-refractivity contribution in [1.82, 2.24) is 39.5 Å². The van der Waals surface area contributed by atoms with E-state index in [4.69, 9.17) is 0 Å². The van der Waals surface area contributed by atoms with E-state index >= 15 is 0 Å². The SMILES string of the molecule is Fc1ccccc1-n1nc(Cn2cncn2)nc1-c1cnc(C2CC2)nc1. The molecule has 1 aliphatic carbocycles. The molecule has 5 rings (SSSR count). The molecule has 1 aromatic carbocycles. The zero-order valence-electron chi connectivity index (χ0n) is 14.3. The Morgan fingerprint density at radius 3 is 2.63 bits per heavy atom. The van der Waals surface area contributed by atoms with Crippen LogP contribution in [0.25, 0.3) is 17.1 Å². The Bertz CT molecular complexity index is 1070. The van der Waals surface area contributed by atoms with E-state index in [1.165, 1.54) is 17.1 Å². The van der Waals surface area contributed by atoms with Crippen molar-refractivity contribution in [3.8, 4) is 17.1 Å². The van der Waals surface area contributed by atoms with E-state index in [1.807, 2.05) is 0 Å². The lowest BCUT2D eigenvalue weighted by Gasteiger charge is -2.07. The van der Waals surface area contributed by atoms with Gasteiger partial charge < -0.3 is 0 Å². The summed E-state index contributed by atoms with van der Waals surface area (Å²) in [6.45, 7) is 0.329. The van der Waals surface area contributed by atoms with Gasteiger partial charge in [0, 0.05) is 18.3 Å². The monoisotopic (exact) mass is 362 g/mol. The van der Waals surface area contributed by atoms with Gasteiger partial charge in [-0.15, -0.1) is 5.10 Å². The fourth-order valence-electron chi connectivity index (χ4n) is 2.87. The number of hydrogen-bond acceptors (Lipinski definition) is 6. The lowest BCUT2D eigenvalue weighted by molar-refractivity contribution is 0.606. The fourth-order valence-corrected chi connectivity index (χ4v) is 2.87. The summed E-state index contributed by atoms with van der Waals surface area (Å²) < 4.78 is 17.5. The van der Waals surface area contributed by atoms with E-state index in [0.717, 1.165) is 18.7 Å². The lowest BCUT2D eigenvalue weighted by Crippen LogP contribution is -2.05. The molecule has 9 heteroatoms. The van der Waals surface area contributed by atoms with Gasteiger partial charge in [0.25, 0.3) is 0 Å². The Hall–Kier alpha value is -3.49. The maximum Gasteiger partial charge on any atom is 0.173 e. The Kier molecular flexibility index (Phi) is 3.70. The van der Waals surface area contributed by atoms with Crippen LogP contribution in [0.2, 0.25) is 0 Å². The molecule has 0 amide bonds. The molecule has 0 bridgehead atoms. The Morgan fingerprint density at radius 1 is 1.11 bits per heavy atom. The minimum atomic E-state index is -0.383. The fraction of sp³-hybridized carbons (Fsp3) is 0.222. The summed E-state index contributed by atoms with van der Waals surface area (Å²) in [6, 6.07) is 6.45. The third kappa shape index (κ3) is 3.07. The highest BCUT2D eigenvalue weighted by atomic mass is 19.1. The normalized spacial score (nSPS) is 13.8. The quantitative estimate of drug-likeness (QED) is 0.542. The van der Waals surface area contributed by atoms with Crippen LogP contribution in [0.3, 0.4) is 0 Å². The number of halogens is 1. The number of nitrogens with zero attached hydrogens (tertiary/aromatic N) is 8. The van der Waals surface area contributed by atoms with E-state index in [9.17, 15) is 4.39 Å².